The molecular formula is C19H22N2O3S. The van der Waals surface area contributed by atoms with Crippen molar-refractivity contribution >= 4 is 17.2 Å². The summed E-state index contributed by atoms with van der Waals surface area (Å²) in [6.07, 6.45) is 1.79. The van der Waals surface area contributed by atoms with Crippen LogP contribution >= 0.6 is 11.3 Å². The molecule has 132 valence electrons. The van der Waals surface area contributed by atoms with E-state index in [0.29, 0.717) is 19.8 Å². The Morgan fingerprint density at radius 3 is 3.20 bits per heavy atom. The number of aromatic nitrogens is 1. The highest BCUT2D eigenvalue weighted by Crippen LogP contribution is 2.37. The minimum Gasteiger partial charge on any atom is -0.370 e. The topological polar surface area (TPSA) is 51.7 Å². The van der Waals surface area contributed by atoms with Gasteiger partial charge < -0.3 is 14.4 Å². The molecule has 2 saturated heterocycles. The number of amides is 1. The molecule has 0 N–H and O–H groups in total. The van der Waals surface area contributed by atoms with Gasteiger partial charge in [0.2, 0.25) is 0 Å². The molecule has 0 radical (unpaired) electrons. The first-order valence-corrected chi connectivity index (χ1v) is 9.57. The van der Waals surface area contributed by atoms with Gasteiger partial charge >= 0.3 is 0 Å². The van der Waals surface area contributed by atoms with Gasteiger partial charge in [-0.1, -0.05) is 6.07 Å². The highest BCUT2D eigenvalue weighted by Gasteiger charge is 2.47. The molecule has 1 amide bonds. The van der Waals surface area contributed by atoms with E-state index in [1.807, 2.05) is 46.8 Å². The molecule has 2 aliphatic rings. The van der Waals surface area contributed by atoms with Crippen LogP contribution in [-0.4, -0.2) is 47.2 Å². The maximum absolute atomic E-state index is 12.5. The summed E-state index contributed by atoms with van der Waals surface area (Å²) < 4.78 is 12.1. The minimum absolute atomic E-state index is 0.0681. The predicted molar refractivity (Wildman–Crippen MR) is 95.7 cm³/mol. The molecule has 2 fully saturated rings. The molecule has 2 aromatic rings. The van der Waals surface area contributed by atoms with E-state index in [0.717, 1.165) is 36.3 Å². The monoisotopic (exact) mass is 358 g/mol. The summed E-state index contributed by atoms with van der Waals surface area (Å²) in [5.74, 6) is 0.107. The van der Waals surface area contributed by atoms with E-state index in [-0.39, 0.29) is 17.6 Å². The lowest BCUT2D eigenvalue weighted by atomic mass is 9.98. The Morgan fingerprint density at radius 2 is 2.40 bits per heavy atom. The second-order valence-electron chi connectivity index (χ2n) is 6.89. The summed E-state index contributed by atoms with van der Waals surface area (Å²) in [5.41, 5.74) is 2.48. The highest BCUT2D eigenvalue weighted by atomic mass is 32.1. The summed E-state index contributed by atoms with van der Waals surface area (Å²) in [7, 11) is 0. The Hall–Kier alpha value is -1.76. The van der Waals surface area contributed by atoms with Crippen LogP contribution in [-0.2, 0) is 16.1 Å². The Morgan fingerprint density at radius 1 is 1.48 bits per heavy atom. The fraction of sp³-hybridized carbons (Fsp3) is 0.474. The number of ether oxygens (including phenoxy) is 2. The van der Waals surface area contributed by atoms with E-state index in [2.05, 4.69) is 4.98 Å². The zero-order chi connectivity index (χ0) is 17.3. The largest absolute Gasteiger partial charge is 0.370 e. The van der Waals surface area contributed by atoms with Crippen LogP contribution in [0.5, 0.6) is 0 Å². The molecule has 4 heterocycles. The molecule has 0 bridgehead atoms. The van der Waals surface area contributed by atoms with Gasteiger partial charge in [0.15, 0.2) is 0 Å². The molecule has 0 aromatic carbocycles. The normalized spacial score (nSPS) is 25.8. The van der Waals surface area contributed by atoms with E-state index >= 15 is 0 Å². The Labute approximate surface area is 151 Å². The Bertz CT molecular complexity index is 749. The maximum atomic E-state index is 12.5. The summed E-state index contributed by atoms with van der Waals surface area (Å²) in [4.78, 5) is 18.9. The number of hydrogen-bond donors (Lipinski definition) is 0. The molecule has 4 rings (SSSR count). The van der Waals surface area contributed by atoms with E-state index in [4.69, 9.17) is 9.47 Å². The smallest absolute Gasteiger partial charge is 0.254 e. The van der Waals surface area contributed by atoms with E-state index < -0.39 is 0 Å². The third-order valence-corrected chi connectivity index (χ3v) is 5.64. The van der Waals surface area contributed by atoms with Gasteiger partial charge in [-0.3, -0.25) is 9.78 Å². The Kier molecular flexibility index (Phi) is 4.58. The molecule has 25 heavy (non-hydrogen) atoms. The number of hydrogen-bond acceptors (Lipinski definition) is 5. The lowest BCUT2D eigenvalue weighted by molar-refractivity contribution is -0.000108. The third-order valence-electron chi connectivity index (χ3n) is 4.96. The fourth-order valence-electron chi connectivity index (χ4n) is 3.66. The van der Waals surface area contributed by atoms with Crippen LogP contribution in [0.3, 0.4) is 0 Å². The number of likely N-dealkylation sites (tertiary alicyclic amines) is 1. The van der Waals surface area contributed by atoms with Crippen molar-refractivity contribution in [1.82, 2.24) is 9.88 Å². The molecular weight excluding hydrogens is 336 g/mol. The molecule has 5 nitrogen and oxygen atoms in total. The number of pyridine rings is 1. The van der Waals surface area contributed by atoms with E-state index in [9.17, 15) is 4.79 Å². The first-order valence-electron chi connectivity index (χ1n) is 8.63. The van der Waals surface area contributed by atoms with Gasteiger partial charge in [-0.2, -0.15) is 11.3 Å². The molecule has 2 aromatic heterocycles. The summed E-state index contributed by atoms with van der Waals surface area (Å²) >= 11 is 1.55. The van der Waals surface area contributed by atoms with Gasteiger partial charge in [0.1, 0.15) is 0 Å². The van der Waals surface area contributed by atoms with Crippen molar-refractivity contribution in [3.8, 4) is 0 Å². The summed E-state index contributed by atoms with van der Waals surface area (Å²) in [5, 5.41) is 3.85. The predicted octanol–water partition coefficient (Wildman–Crippen LogP) is 3.04. The quantitative estimate of drug-likeness (QED) is 0.843. The second-order valence-corrected chi connectivity index (χ2v) is 7.67. The number of rotatable bonds is 4. The number of thiophene rings is 1. The van der Waals surface area contributed by atoms with Crippen LogP contribution in [0.4, 0.5) is 0 Å². The number of aryl methyl sites for hydroxylation is 1. The maximum Gasteiger partial charge on any atom is 0.254 e. The number of carbonyl (C=O) groups is 1. The summed E-state index contributed by atoms with van der Waals surface area (Å²) in [6.45, 7) is 4.48. The molecule has 2 aliphatic heterocycles. The van der Waals surface area contributed by atoms with Gasteiger partial charge in [0, 0.05) is 24.0 Å². The second kappa shape index (κ2) is 6.86. The third kappa shape index (κ3) is 3.61. The van der Waals surface area contributed by atoms with Gasteiger partial charge in [0.05, 0.1) is 42.7 Å². The first kappa shape index (κ1) is 16.7. The van der Waals surface area contributed by atoms with Crippen LogP contribution in [0.1, 0.15) is 34.6 Å². The zero-order valence-electron chi connectivity index (χ0n) is 14.3. The SMILES string of the molecule is Cc1cccc(CO[C@H]2CO[C@@]3(CCN(C(=O)c4ccsc4)C3)C2)n1. The molecule has 0 saturated carbocycles. The van der Waals surface area contributed by atoms with Gasteiger partial charge in [-0.15, -0.1) is 0 Å². The molecule has 0 unspecified atom stereocenters. The van der Waals surface area contributed by atoms with Gasteiger partial charge in [-0.25, -0.2) is 0 Å². The molecule has 1 spiro atoms. The average Bonchev–Trinajstić information content (AvgIpc) is 3.35. The fourth-order valence-corrected chi connectivity index (χ4v) is 4.29. The van der Waals surface area contributed by atoms with Crippen molar-refractivity contribution in [3.63, 3.8) is 0 Å². The van der Waals surface area contributed by atoms with Crippen molar-refractivity contribution in [2.45, 2.75) is 38.1 Å². The standard InChI is InChI=1S/C19H22N2O3S/c1-14-3-2-4-16(20-14)10-23-17-9-19(24-11-17)6-7-21(13-19)18(22)15-5-8-25-12-15/h2-5,8,12,17H,6-7,9-11,13H2,1H3/t17-,19+/m1/s1. The van der Waals surface area contributed by atoms with Crippen LogP contribution in [0, 0.1) is 6.92 Å². The number of nitrogens with zero attached hydrogens (tertiary/aromatic N) is 2. The minimum atomic E-state index is -0.240. The van der Waals surface area contributed by atoms with E-state index in [1.54, 1.807) is 11.3 Å². The molecule has 2 atom stereocenters. The average molecular weight is 358 g/mol. The van der Waals surface area contributed by atoms with Crippen molar-refractivity contribution < 1.29 is 14.3 Å². The van der Waals surface area contributed by atoms with E-state index in [1.165, 1.54) is 0 Å². The Balaban J connectivity index is 1.32. The van der Waals surface area contributed by atoms with Crippen LogP contribution < -0.4 is 0 Å². The zero-order valence-corrected chi connectivity index (χ0v) is 15.1. The number of carbonyl (C=O) groups excluding carboxylic acids is 1. The van der Waals surface area contributed by atoms with Crippen molar-refractivity contribution in [3.05, 3.63) is 52.0 Å². The highest BCUT2D eigenvalue weighted by molar-refractivity contribution is 7.08. The first-order chi connectivity index (χ1) is 12.1. The van der Waals surface area contributed by atoms with Crippen LogP contribution in [0.15, 0.2) is 35.0 Å². The van der Waals surface area contributed by atoms with Crippen LogP contribution in [0.25, 0.3) is 0 Å². The van der Waals surface area contributed by atoms with Gasteiger partial charge in [-0.05, 0) is 36.9 Å². The van der Waals surface area contributed by atoms with Crippen molar-refractivity contribution in [2.24, 2.45) is 0 Å². The lowest BCUT2D eigenvalue weighted by Crippen LogP contribution is -2.36. The molecule has 6 heteroatoms. The lowest BCUT2D eigenvalue weighted by Gasteiger charge is -2.23. The van der Waals surface area contributed by atoms with Crippen molar-refractivity contribution in [1.29, 1.82) is 0 Å². The van der Waals surface area contributed by atoms with Gasteiger partial charge in [0.25, 0.3) is 5.91 Å². The summed E-state index contributed by atoms with van der Waals surface area (Å²) in [6, 6.07) is 7.84. The van der Waals surface area contributed by atoms with Crippen LogP contribution in [0.2, 0.25) is 0 Å². The molecule has 0 aliphatic carbocycles. The van der Waals surface area contributed by atoms with Crippen molar-refractivity contribution in [2.75, 3.05) is 19.7 Å².